The molecule has 3 aromatic rings. The second-order valence-corrected chi connectivity index (χ2v) is 5.74. The fourth-order valence-electron chi connectivity index (χ4n) is 3.03. The number of nitrogens with two attached hydrogens (primary N) is 1. The molecule has 0 bridgehead atoms. The zero-order valence-corrected chi connectivity index (χ0v) is 12.7. The standard InChI is InChI=1S/C17H17FN4O/c1-10(5-16(19)23)17(11-3-2-4-20-8-11)13-6-12-9-21-22-15(12)7-14(13)18/h2-4,6-10,17H,5H2,1H3,(H2,19,23)(H,21,22). The first kappa shape index (κ1) is 15.1. The first-order valence-electron chi connectivity index (χ1n) is 7.37. The van der Waals surface area contributed by atoms with Gasteiger partial charge in [0.2, 0.25) is 5.91 Å². The largest absolute Gasteiger partial charge is 0.370 e. The number of rotatable bonds is 5. The number of hydrogen-bond donors (Lipinski definition) is 2. The molecule has 3 rings (SSSR count). The lowest BCUT2D eigenvalue weighted by Crippen LogP contribution is -2.21. The van der Waals surface area contributed by atoms with Crippen molar-refractivity contribution in [2.24, 2.45) is 11.7 Å². The Labute approximate surface area is 132 Å². The van der Waals surface area contributed by atoms with Crippen LogP contribution >= 0.6 is 0 Å². The van der Waals surface area contributed by atoms with Gasteiger partial charge in [0.05, 0.1) is 11.7 Å². The summed E-state index contributed by atoms with van der Waals surface area (Å²) < 4.78 is 14.6. The molecule has 0 saturated carbocycles. The molecule has 2 unspecified atom stereocenters. The molecule has 23 heavy (non-hydrogen) atoms. The van der Waals surface area contributed by atoms with Crippen molar-refractivity contribution in [2.75, 3.05) is 0 Å². The topological polar surface area (TPSA) is 84.7 Å². The highest BCUT2D eigenvalue weighted by atomic mass is 19.1. The van der Waals surface area contributed by atoms with E-state index in [0.29, 0.717) is 11.1 Å². The van der Waals surface area contributed by atoms with Crippen molar-refractivity contribution in [3.63, 3.8) is 0 Å². The summed E-state index contributed by atoms with van der Waals surface area (Å²) in [6, 6.07) is 6.88. The number of nitrogens with zero attached hydrogens (tertiary/aromatic N) is 2. The molecule has 0 saturated heterocycles. The molecule has 6 heteroatoms. The van der Waals surface area contributed by atoms with E-state index < -0.39 is 5.91 Å². The molecule has 0 aliphatic carbocycles. The quantitative estimate of drug-likeness (QED) is 0.759. The minimum Gasteiger partial charge on any atom is -0.370 e. The van der Waals surface area contributed by atoms with Gasteiger partial charge in [-0.25, -0.2) is 4.39 Å². The molecule has 2 heterocycles. The van der Waals surface area contributed by atoms with Crippen LogP contribution in [0.5, 0.6) is 0 Å². The van der Waals surface area contributed by atoms with Gasteiger partial charge in [0.25, 0.3) is 0 Å². The molecule has 1 amide bonds. The molecule has 2 aromatic heterocycles. The zero-order chi connectivity index (χ0) is 16.4. The van der Waals surface area contributed by atoms with Gasteiger partial charge in [-0.15, -0.1) is 0 Å². The first-order valence-corrected chi connectivity index (χ1v) is 7.37. The van der Waals surface area contributed by atoms with E-state index in [1.54, 1.807) is 30.7 Å². The van der Waals surface area contributed by atoms with Crippen LogP contribution in [0.25, 0.3) is 10.9 Å². The Bertz CT molecular complexity index is 831. The van der Waals surface area contributed by atoms with Gasteiger partial charge in [0.15, 0.2) is 0 Å². The summed E-state index contributed by atoms with van der Waals surface area (Å²) in [4.78, 5) is 15.4. The lowest BCUT2D eigenvalue weighted by molar-refractivity contribution is -0.118. The van der Waals surface area contributed by atoms with E-state index in [0.717, 1.165) is 10.9 Å². The van der Waals surface area contributed by atoms with Crippen LogP contribution in [0.4, 0.5) is 4.39 Å². The molecule has 0 radical (unpaired) electrons. The predicted octanol–water partition coefficient (Wildman–Crippen LogP) is 2.74. The van der Waals surface area contributed by atoms with Gasteiger partial charge in [0.1, 0.15) is 5.82 Å². The number of pyridine rings is 1. The molecular formula is C17H17FN4O. The third kappa shape index (κ3) is 3.06. The van der Waals surface area contributed by atoms with Crippen LogP contribution in [-0.4, -0.2) is 21.1 Å². The number of H-pyrrole nitrogens is 1. The van der Waals surface area contributed by atoms with Crippen molar-refractivity contribution in [3.8, 4) is 0 Å². The highest BCUT2D eigenvalue weighted by Gasteiger charge is 2.26. The van der Waals surface area contributed by atoms with E-state index in [1.807, 2.05) is 13.0 Å². The lowest BCUT2D eigenvalue weighted by Gasteiger charge is -2.24. The maximum atomic E-state index is 14.6. The molecule has 0 fully saturated rings. The summed E-state index contributed by atoms with van der Waals surface area (Å²) in [6.45, 7) is 1.89. The lowest BCUT2D eigenvalue weighted by atomic mass is 9.80. The SMILES string of the molecule is CC(CC(N)=O)C(c1cccnc1)c1cc2cn[nH]c2cc1F. The smallest absolute Gasteiger partial charge is 0.217 e. The minimum absolute atomic E-state index is 0.157. The number of halogens is 1. The van der Waals surface area contributed by atoms with Crippen LogP contribution in [0.1, 0.15) is 30.4 Å². The summed E-state index contributed by atoms with van der Waals surface area (Å²) in [5.74, 6) is -1.21. The summed E-state index contributed by atoms with van der Waals surface area (Å²) in [6.07, 6.45) is 5.18. The van der Waals surface area contributed by atoms with Crippen molar-refractivity contribution >= 4 is 16.8 Å². The van der Waals surface area contributed by atoms with Crippen LogP contribution in [0, 0.1) is 11.7 Å². The molecule has 118 valence electrons. The molecule has 0 aliphatic heterocycles. The highest BCUT2D eigenvalue weighted by Crippen LogP contribution is 2.36. The number of benzene rings is 1. The number of fused-ring (bicyclic) bond motifs is 1. The highest BCUT2D eigenvalue weighted by molar-refractivity contribution is 5.79. The van der Waals surface area contributed by atoms with E-state index >= 15 is 0 Å². The fourth-order valence-corrected chi connectivity index (χ4v) is 3.03. The van der Waals surface area contributed by atoms with Crippen LogP contribution in [0.3, 0.4) is 0 Å². The average molecular weight is 312 g/mol. The van der Waals surface area contributed by atoms with Crippen molar-refractivity contribution in [3.05, 3.63) is 59.8 Å². The van der Waals surface area contributed by atoms with Crippen LogP contribution in [-0.2, 0) is 4.79 Å². The number of primary amides is 1. The Hall–Kier alpha value is -2.76. The molecule has 0 spiro atoms. The van der Waals surface area contributed by atoms with Gasteiger partial charge < -0.3 is 5.73 Å². The van der Waals surface area contributed by atoms with Crippen LogP contribution < -0.4 is 5.73 Å². The Morgan fingerprint density at radius 1 is 1.39 bits per heavy atom. The molecule has 2 atom stereocenters. The van der Waals surface area contributed by atoms with E-state index in [9.17, 15) is 9.18 Å². The Balaban J connectivity index is 2.12. The summed E-state index contributed by atoms with van der Waals surface area (Å²) in [7, 11) is 0. The second kappa shape index (κ2) is 6.16. The zero-order valence-electron chi connectivity index (χ0n) is 12.7. The number of nitrogens with one attached hydrogen (secondary N) is 1. The van der Waals surface area contributed by atoms with Gasteiger partial charge in [-0.05, 0) is 35.2 Å². The first-order chi connectivity index (χ1) is 11.1. The van der Waals surface area contributed by atoms with Gasteiger partial charge in [-0.2, -0.15) is 5.10 Å². The minimum atomic E-state index is -0.406. The Morgan fingerprint density at radius 2 is 2.22 bits per heavy atom. The Kier molecular flexibility index (Phi) is 4.06. The van der Waals surface area contributed by atoms with Crippen molar-refractivity contribution in [2.45, 2.75) is 19.3 Å². The predicted molar refractivity (Wildman–Crippen MR) is 85.1 cm³/mol. The summed E-state index contributed by atoms with van der Waals surface area (Å²) >= 11 is 0. The van der Waals surface area contributed by atoms with E-state index in [-0.39, 0.29) is 24.1 Å². The van der Waals surface area contributed by atoms with E-state index in [1.165, 1.54) is 6.07 Å². The number of carbonyl (C=O) groups excluding carboxylic acids is 1. The molecule has 3 N–H and O–H groups in total. The average Bonchev–Trinajstić information content (AvgIpc) is 2.95. The van der Waals surface area contributed by atoms with Crippen molar-refractivity contribution < 1.29 is 9.18 Å². The van der Waals surface area contributed by atoms with E-state index in [2.05, 4.69) is 15.2 Å². The summed E-state index contributed by atoms with van der Waals surface area (Å²) in [5.41, 5.74) is 7.34. The number of aromatic amines is 1. The third-order valence-electron chi connectivity index (χ3n) is 4.03. The Morgan fingerprint density at radius 3 is 2.91 bits per heavy atom. The molecule has 5 nitrogen and oxygen atoms in total. The fraction of sp³-hybridized carbons (Fsp3) is 0.235. The van der Waals surface area contributed by atoms with Gasteiger partial charge in [-0.1, -0.05) is 13.0 Å². The number of amides is 1. The van der Waals surface area contributed by atoms with Gasteiger partial charge >= 0.3 is 0 Å². The number of hydrogen-bond acceptors (Lipinski definition) is 3. The maximum absolute atomic E-state index is 14.6. The van der Waals surface area contributed by atoms with Gasteiger partial charge in [0, 0.05) is 30.1 Å². The molecule has 1 aromatic carbocycles. The number of carbonyl (C=O) groups is 1. The van der Waals surface area contributed by atoms with Crippen LogP contribution in [0.2, 0.25) is 0 Å². The maximum Gasteiger partial charge on any atom is 0.217 e. The second-order valence-electron chi connectivity index (χ2n) is 5.74. The normalized spacial score (nSPS) is 13.8. The van der Waals surface area contributed by atoms with Gasteiger partial charge in [-0.3, -0.25) is 14.9 Å². The van der Waals surface area contributed by atoms with Crippen molar-refractivity contribution in [1.29, 1.82) is 0 Å². The third-order valence-corrected chi connectivity index (χ3v) is 4.03. The summed E-state index contributed by atoms with van der Waals surface area (Å²) in [5, 5.41) is 7.50. The van der Waals surface area contributed by atoms with Crippen molar-refractivity contribution in [1.82, 2.24) is 15.2 Å². The number of aromatic nitrogens is 3. The van der Waals surface area contributed by atoms with Crippen LogP contribution in [0.15, 0.2) is 42.9 Å². The molecular weight excluding hydrogens is 295 g/mol. The monoisotopic (exact) mass is 312 g/mol. The van der Waals surface area contributed by atoms with E-state index in [4.69, 9.17) is 5.73 Å². The molecule has 0 aliphatic rings.